The van der Waals surface area contributed by atoms with Gasteiger partial charge in [-0.25, -0.2) is 4.79 Å². The molecule has 2 heterocycles. The molecule has 0 spiro atoms. The van der Waals surface area contributed by atoms with Crippen LogP contribution >= 0.6 is 57.5 Å². The molecule has 2 aromatic heterocycles. The number of ketones is 1. The number of thiophene rings is 2. The van der Waals surface area contributed by atoms with Crippen LogP contribution in [0.3, 0.4) is 0 Å². The predicted molar refractivity (Wildman–Crippen MR) is 110 cm³/mol. The summed E-state index contributed by atoms with van der Waals surface area (Å²) in [6.45, 7) is 0. The summed E-state index contributed by atoms with van der Waals surface area (Å²) in [4.78, 5) is 24.8. The van der Waals surface area contributed by atoms with Gasteiger partial charge in [0.15, 0.2) is 5.78 Å². The zero-order chi connectivity index (χ0) is 21.5. The lowest BCUT2D eigenvalue weighted by Crippen LogP contribution is -2.13. The lowest BCUT2D eigenvalue weighted by molar-refractivity contribution is -0.0687. The SMILES string of the molecule is COC(=O)c1sc(C(=O)/C=C(\c2sc(Cl)c(Cl)c2Cl)C(F)(F)F)c2c1CCCC2. The molecule has 0 atom stereocenters. The highest BCUT2D eigenvalue weighted by molar-refractivity contribution is 7.18. The molecular formula is C18H12Cl3F3O3S2. The predicted octanol–water partition coefficient (Wildman–Crippen LogP) is 7.26. The number of carbonyl (C=O) groups is 2. The number of ether oxygens (including phenoxy) is 1. The quantitative estimate of drug-likeness (QED) is 0.250. The number of hydrogen-bond acceptors (Lipinski definition) is 5. The Bertz CT molecular complexity index is 1020. The van der Waals surface area contributed by atoms with E-state index in [4.69, 9.17) is 39.5 Å². The van der Waals surface area contributed by atoms with Crippen LogP contribution in [-0.2, 0) is 17.6 Å². The van der Waals surface area contributed by atoms with Gasteiger partial charge in [0.25, 0.3) is 0 Å². The molecule has 1 aliphatic carbocycles. The number of rotatable bonds is 4. The van der Waals surface area contributed by atoms with Gasteiger partial charge in [-0.05, 0) is 36.8 Å². The molecule has 0 saturated heterocycles. The van der Waals surface area contributed by atoms with Crippen molar-refractivity contribution in [2.45, 2.75) is 31.9 Å². The van der Waals surface area contributed by atoms with Gasteiger partial charge in [0.2, 0.25) is 0 Å². The fourth-order valence-electron chi connectivity index (χ4n) is 3.10. The molecule has 3 nitrogen and oxygen atoms in total. The Morgan fingerprint density at radius 3 is 2.03 bits per heavy atom. The minimum absolute atomic E-state index is 0.101. The van der Waals surface area contributed by atoms with Crippen molar-refractivity contribution >= 4 is 74.8 Å². The molecule has 0 unspecified atom stereocenters. The largest absolute Gasteiger partial charge is 0.465 e. The first-order valence-electron chi connectivity index (χ1n) is 8.26. The minimum atomic E-state index is -4.86. The Kier molecular flexibility index (Phi) is 6.70. The highest BCUT2D eigenvalue weighted by Crippen LogP contribution is 2.48. The molecule has 0 bridgehead atoms. The molecule has 156 valence electrons. The molecule has 0 fully saturated rings. The molecule has 0 aliphatic heterocycles. The average Bonchev–Trinajstić information content (AvgIpc) is 3.18. The van der Waals surface area contributed by atoms with E-state index in [9.17, 15) is 22.8 Å². The van der Waals surface area contributed by atoms with Crippen molar-refractivity contribution in [3.05, 3.63) is 46.2 Å². The Labute approximate surface area is 187 Å². The van der Waals surface area contributed by atoms with Crippen molar-refractivity contribution in [1.29, 1.82) is 0 Å². The zero-order valence-electron chi connectivity index (χ0n) is 14.7. The van der Waals surface area contributed by atoms with E-state index in [0.717, 1.165) is 24.2 Å². The minimum Gasteiger partial charge on any atom is -0.465 e. The standard InChI is InChI=1S/C18H12Cl3F3O3S2/c1-27-17(26)14-8-5-3-2-4-7(8)13(28-14)10(25)6-9(18(22,23)24)15-11(19)12(20)16(21)29-15/h6H,2-5H2,1H3/b9-6+. The maximum Gasteiger partial charge on any atom is 0.417 e. The lowest BCUT2D eigenvalue weighted by atomic mass is 9.91. The Balaban J connectivity index is 2.13. The second kappa shape index (κ2) is 8.59. The summed E-state index contributed by atoms with van der Waals surface area (Å²) in [5, 5.41) is -0.557. The highest BCUT2D eigenvalue weighted by Gasteiger charge is 2.39. The molecule has 11 heteroatoms. The van der Waals surface area contributed by atoms with Crippen LogP contribution in [0, 0.1) is 0 Å². The molecule has 3 rings (SSSR count). The van der Waals surface area contributed by atoms with Gasteiger partial charge in [0.05, 0.1) is 32.5 Å². The van der Waals surface area contributed by atoms with Crippen LogP contribution in [0.25, 0.3) is 5.57 Å². The number of alkyl halides is 3. The summed E-state index contributed by atoms with van der Waals surface area (Å²) >= 11 is 18.9. The second-order valence-electron chi connectivity index (χ2n) is 6.17. The van der Waals surface area contributed by atoms with Crippen molar-refractivity contribution in [3.8, 4) is 0 Å². The van der Waals surface area contributed by atoms with Crippen molar-refractivity contribution in [2.75, 3.05) is 7.11 Å². The number of hydrogen-bond donors (Lipinski definition) is 0. The van der Waals surface area contributed by atoms with Gasteiger partial charge in [-0.1, -0.05) is 34.8 Å². The number of carbonyl (C=O) groups excluding carboxylic acids is 2. The first-order chi connectivity index (χ1) is 13.6. The van der Waals surface area contributed by atoms with E-state index in [0.29, 0.717) is 41.4 Å². The van der Waals surface area contributed by atoms with Gasteiger partial charge in [0.1, 0.15) is 9.21 Å². The molecule has 0 saturated carbocycles. The first-order valence-corrected chi connectivity index (χ1v) is 11.0. The van der Waals surface area contributed by atoms with Crippen LogP contribution in [0.4, 0.5) is 13.2 Å². The Morgan fingerprint density at radius 1 is 0.966 bits per heavy atom. The van der Waals surface area contributed by atoms with Crippen LogP contribution in [0.5, 0.6) is 0 Å². The van der Waals surface area contributed by atoms with E-state index >= 15 is 0 Å². The van der Waals surface area contributed by atoms with Crippen LogP contribution in [0.15, 0.2) is 6.08 Å². The van der Waals surface area contributed by atoms with Gasteiger partial charge < -0.3 is 4.74 Å². The fraction of sp³-hybridized carbons (Fsp3) is 0.333. The lowest BCUT2D eigenvalue weighted by Gasteiger charge is -2.14. The normalized spacial score (nSPS) is 14.7. The van der Waals surface area contributed by atoms with Gasteiger partial charge in [-0.15, -0.1) is 22.7 Å². The van der Waals surface area contributed by atoms with Crippen LogP contribution in [0.1, 0.15) is 48.2 Å². The highest BCUT2D eigenvalue weighted by atomic mass is 35.5. The van der Waals surface area contributed by atoms with E-state index in [-0.39, 0.29) is 24.1 Å². The maximum atomic E-state index is 13.7. The third kappa shape index (κ3) is 4.37. The second-order valence-corrected chi connectivity index (χ2v) is 9.57. The van der Waals surface area contributed by atoms with E-state index < -0.39 is 28.4 Å². The molecular weight excluding hydrogens is 492 g/mol. The van der Waals surface area contributed by atoms with Crippen LogP contribution in [-0.4, -0.2) is 25.0 Å². The van der Waals surface area contributed by atoms with Gasteiger partial charge in [-0.3, -0.25) is 4.79 Å². The maximum absolute atomic E-state index is 13.7. The van der Waals surface area contributed by atoms with Gasteiger partial charge >= 0.3 is 12.1 Å². The Hall–Kier alpha value is -1.06. The van der Waals surface area contributed by atoms with Crippen molar-refractivity contribution < 1.29 is 27.5 Å². The van der Waals surface area contributed by atoms with Crippen molar-refractivity contribution in [2.24, 2.45) is 0 Å². The third-order valence-electron chi connectivity index (χ3n) is 4.40. The van der Waals surface area contributed by atoms with E-state index in [2.05, 4.69) is 0 Å². The van der Waals surface area contributed by atoms with E-state index in [1.807, 2.05) is 0 Å². The molecule has 0 N–H and O–H groups in total. The molecule has 0 amide bonds. The number of methoxy groups -OCH3 is 1. The van der Waals surface area contributed by atoms with Crippen LogP contribution < -0.4 is 0 Å². The number of allylic oxidation sites excluding steroid dienone is 2. The molecule has 29 heavy (non-hydrogen) atoms. The summed E-state index contributed by atoms with van der Waals surface area (Å²) < 4.78 is 45.8. The van der Waals surface area contributed by atoms with Crippen molar-refractivity contribution in [1.82, 2.24) is 0 Å². The average molecular weight is 504 g/mol. The summed E-state index contributed by atoms with van der Waals surface area (Å²) in [5.74, 6) is -1.46. The van der Waals surface area contributed by atoms with Gasteiger partial charge in [0, 0.05) is 6.08 Å². The monoisotopic (exact) mass is 502 g/mol. The molecule has 2 aromatic rings. The molecule has 0 aromatic carbocycles. The zero-order valence-corrected chi connectivity index (χ0v) is 18.6. The topological polar surface area (TPSA) is 43.4 Å². The fourth-order valence-corrected chi connectivity index (χ4v) is 6.18. The summed E-state index contributed by atoms with van der Waals surface area (Å²) in [6, 6.07) is 0. The van der Waals surface area contributed by atoms with E-state index in [1.54, 1.807) is 0 Å². The summed E-state index contributed by atoms with van der Waals surface area (Å²) in [7, 11) is 1.21. The number of halogens is 6. The van der Waals surface area contributed by atoms with Gasteiger partial charge in [-0.2, -0.15) is 13.2 Å². The van der Waals surface area contributed by atoms with E-state index in [1.165, 1.54) is 7.11 Å². The number of fused-ring (bicyclic) bond motifs is 1. The Morgan fingerprint density at radius 2 is 1.55 bits per heavy atom. The third-order valence-corrected chi connectivity index (χ3v) is 8.27. The molecule has 0 radical (unpaired) electrons. The summed E-state index contributed by atoms with van der Waals surface area (Å²) in [6.07, 6.45) is -1.68. The van der Waals surface area contributed by atoms with Crippen molar-refractivity contribution in [3.63, 3.8) is 0 Å². The van der Waals surface area contributed by atoms with Crippen LogP contribution in [0.2, 0.25) is 14.4 Å². The molecule has 1 aliphatic rings. The first kappa shape index (κ1) is 22.6. The smallest absolute Gasteiger partial charge is 0.417 e. The number of esters is 1. The summed E-state index contributed by atoms with van der Waals surface area (Å²) in [5.41, 5.74) is 0.0558.